The molecule has 1 aromatic rings. The second kappa shape index (κ2) is 7.06. The number of benzene rings is 1. The van der Waals surface area contributed by atoms with Crippen LogP contribution in [0.4, 0.5) is 14.9 Å². The van der Waals surface area contributed by atoms with E-state index in [0.29, 0.717) is 13.1 Å². The fourth-order valence-electron chi connectivity index (χ4n) is 2.45. The van der Waals surface area contributed by atoms with Crippen LogP contribution >= 0.6 is 0 Å². The molecule has 0 bridgehead atoms. The summed E-state index contributed by atoms with van der Waals surface area (Å²) in [4.78, 5) is 25.0. The lowest BCUT2D eigenvalue weighted by atomic mass is 10.1. The lowest BCUT2D eigenvalue weighted by molar-refractivity contribution is 0.0698. The molecule has 1 aliphatic heterocycles. The number of aromatic carboxylic acids is 1. The van der Waals surface area contributed by atoms with E-state index < -0.39 is 11.8 Å². The Hall–Kier alpha value is -2.11. The van der Waals surface area contributed by atoms with Gasteiger partial charge in [-0.1, -0.05) is 19.3 Å². The van der Waals surface area contributed by atoms with E-state index >= 15 is 0 Å². The number of likely N-dealkylation sites (tertiary alicyclic amines) is 1. The molecule has 1 heterocycles. The largest absolute Gasteiger partial charge is 0.478 e. The maximum atomic E-state index is 13.3. The van der Waals surface area contributed by atoms with Crippen molar-refractivity contribution in [1.82, 2.24) is 4.90 Å². The van der Waals surface area contributed by atoms with Gasteiger partial charge < -0.3 is 15.3 Å². The first kappa shape index (κ1) is 15.3. The Morgan fingerprint density at radius 2 is 1.71 bits per heavy atom. The molecule has 21 heavy (non-hydrogen) atoms. The molecule has 1 aromatic carbocycles. The van der Waals surface area contributed by atoms with Crippen molar-refractivity contribution in [1.29, 1.82) is 0 Å². The molecule has 0 atom stereocenters. The van der Waals surface area contributed by atoms with Gasteiger partial charge in [-0.05, 0) is 31.0 Å². The van der Waals surface area contributed by atoms with Crippen LogP contribution in [0.25, 0.3) is 0 Å². The molecule has 0 unspecified atom stereocenters. The number of nitrogens with one attached hydrogen (secondary N) is 1. The van der Waals surface area contributed by atoms with Crippen LogP contribution in [-0.2, 0) is 0 Å². The van der Waals surface area contributed by atoms with E-state index in [9.17, 15) is 14.0 Å². The third kappa shape index (κ3) is 4.18. The molecule has 1 aliphatic rings. The number of carbonyl (C=O) groups is 2. The third-order valence-electron chi connectivity index (χ3n) is 3.60. The number of carbonyl (C=O) groups excluding carboxylic acids is 1. The van der Waals surface area contributed by atoms with E-state index in [4.69, 9.17) is 5.11 Å². The Balaban J connectivity index is 2.10. The molecular weight excluding hydrogens is 275 g/mol. The number of rotatable bonds is 2. The smallest absolute Gasteiger partial charge is 0.337 e. The standard InChI is InChI=1S/C15H19FN2O3/c16-11-6-7-12(14(19)20)13(10-11)17-15(21)18-8-4-2-1-3-5-9-18/h6-7,10H,1-5,8-9H2,(H,17,21)(H,19,20). The first-order valence-corrected chi connectivity index (χ1v) is 7.16. The number of halogens is 1. The summed E-state index contributed by atoms with van der Waals surface area (Å²) in [5.41, 5.74) is -0.119. The van der Waals surface area contributed by atoms with Crippen molar-refractivity contribution in [3.05, 3.63) is 29.6 Å². The SMILES string of the molecule is O=C(O)c1ccc(F)cc1NC(=O)N1CCCCCCC1. The van der Waals surface area contributed by atoms with Gasteiger partial charge in [0, 0.05) is 13.1 Å². The summed E-state index contributed by atoms with van der Waals surface area (Å²) in [6, 6.07) is 2.88. The zero-order chi connectivity index (χ0) is 15.2. The molecule has 2 rings (SSSR count). The summed E-state index contributed by atoms with van der Waals surface area (Å²) in [6.07, 6.45) is 5.22. The molecule has 0 spiro atoms. The summed E-state index contributed by atoms with van der Waals surface area (Å²) in [5, 5.41) is 11.6. The number of carboxylic acid groups (broad SMARTS) is 1. The maximum absolute atomic E-state index is 13.3. The van der Waals surface area contributed by atoms with Gasteiger partial charge in [-0.25, -0.2) is 14.0 Å². The minimum absolute atomic E-state index is 0.00504. The van der Waals surface area contributed by atoms with Crippen LogP contribution in [0, 0.1) is 5.82 Å². The Kier molecular flexibility index (Phi) is 5.14. The van der Waals surface area contributed by atoms with Crippen LogP contribution in [0.3, 0.4) is 0 Å². The molecule has 6 heteroatoms. The van der Waals surface area contributed by atoms with Gasteiger partial charge in [0.1, 0.15) is 5.82 Å². The molecule has 2 N–H and O–H groups in total. The first-order valence-electron chi connectivity index (χ1n) is 7.16. The monoisotopic (exact) mass is 294 g/mol. The van der Waals surface area contributed by atoms with E-state index in [0.717, 1.165) is 43.9 Å². The van der Waals surface area contributed by atoms with Crippen molar-refractivity contribution in [3.8, 4) is 0 Å². The normalized spacial score (nSPS) is 16.0. The van der Waals surface area contributed by atoms with Crippen LogP contribution in [0.1, 0.15) is 42.5 Å². The predicted octanol–water partition coefficient (Wildman–Crippen LogP) is 3.32. The van der Waals surface area contributed by atoms with Gasteiger partial charge in [0.25, 0.3) is 0 Å². The summed E-state index contributed by atoms with van der Waals surface area (Å²) >= 11 is 0. The van der Waals surface area contributed by atoms with Gasteiger partial charge >= 0.3 is 12.0 Å². The van der Waals surface area contributed by atoms with E-state index in [2.05, 4.69) is 5.32 Å². The van der Waals surface area contributed by atoms with Gasteiger partial charge in [0.2, 0.25) is 0 Å². The number of carboxylic acids is 1. The minimum Gasteiger partial charge on any atom is -0.478 e. The van der Waals surface area contributed by atoms with Crippen LogP contribution in [0.5, 0.6) is 0 Å². The summed E-state index contributed by atoms with van der Waals surface area (Å²) < 4.78 is 13.3. The average molecular weight is 294 g/mol. The van der Waals surface area contributed by atoms with Crippen LogP contribution < -0.4 is 5.32 Å². The molecule has 114 valence electrons. The minimum atomic E-state index is -1.20. The predicted molar refractivity (Wildman–Crippen MR) is 77.0 cm³/mol. The Morgan fingerprint density at radius 3 is 2.33 bits per heavy atom. The highest BCUT2D eigenvalue weighted by Gasteiger charge is 2.18. The van der Waals surface area contributed by atoms with Crippen LogP contribution in [0.2, 0.25) is 0 Å². The summed E-state index contributed by atoms with van der Waals surface area (Å²) in [7, 11) is 0. The third-order valence-corrected chi connectivity index (χ3v) is 3.60. The highest BCUT2D eigenvalue weighted by molar-refractivity contribution is 6.00. The van der Waals surface area contributed by atoms with E-state index in [1.54, 1.807) is 4.90 Å². The molecular formula is C15H19FN2O3. The second-order valence-corrected chi connectivity index (χ2v) is 5.18. The molecule has 1 fully saturated rings. The van der Waals surface area contributed by atoms with Crippen molar-refractivity contribution in [2.45, 2.75) is 32.1 Å². The highest BCUT2D eigenvalue weighted by atomic mass is 19.1. The van der Waals surface area contributed by atoms with Crippen molar-refractivity contribution in [2.75, 3.05) is 18.4 Å². The zero-order valence-corrected chi connectivity index (χ0v) is 11.8. The van der Waals surface area contributed by atoms with Gasteiger partial charge in [-0.3, -0.25) is 0 Å². The zero-order valence-electron chi connectivity index (χ0n) is 11.8. The van der Waals surface area contributed by atoms with E-state index in [1.807, 2.05) is 0 Å². The van der Waals surface area contributed by atoms with Crippen molar-refractivity contribution < 1.29 is 19.1 Å². The fourth-order valence-corrected chi connectivity index (χ4v) is 2.45. The molecule has 2 amide bonds. The number of amides is 2. The van der Waals surface area contributed by atoms with E-state index in [-0.39, 0.29) is 17.3 Å². The first-order chi connectivity index (χ1) is 10.1. The molecule has 0 saturated carbocycles. The Morgan fingerprint density at radius 1 is 1.10 bits per heavy atom. The molecule has 0 radical (unpaired) electrons. The molecule has 0 aliphatic carbocycles. The van der Waals surface area contributed by atoms with Gasteiger partial charge in [0.05, 0.1) is 11.3 Å². The lowest BCUT2D eigenvalue weighted by Crippen LogP contribution is -2.37. The van der Waals surface area contributed by atoms with E-state index in [1.165, 1.54) is 6.42 Å². The summed E-state index contributed by atoms with van der Waals surface area (Å²) in [6.45, 7) is 1.28. The second-order valence-electron chi connectivity index (χ2n) is 5.18. The van der Waals surface area contributed by atoms with Gasteiger partial charge in [-0.2, -0.15) is 0 Å². The topological polar surface area (TPSA) is 69.6 Å². The number of anilines is 1. The highest BCUT2D eigenvalue weighted by Crippen LogP contribution is 2.19. The Labute approximate surface area is 122 Å². The van der Waals surface area contributed by atoms with Crippen molar-refractivity contribution in [3.63, 3.8) is 0 Å². The number of urea groups is 1. The Bertz CT molecular complexity index is 526. The van der Waals surface area contributed by atoms with Gasteiger partial charge in [-0.15, -0.1) is 0 Å². The quantitative estimate of drug-likeness (QED) is 0.879. The van der Waals surface area contributed by atoms with Crippen molar-refractivity contribution in [2.24, 2.45) is 0 Å². The molecule has 0 aromatic heterocycles. The number of hydrogen-bond acceptors (Lipinski definition) is 2. The maximum Gasteiger partial charge on any atom is 0.337 e. The summed E-state index contributed by atoms with van der Waals surface area (Å²) in [5.74, 6) is -1.78. The van der Waals surface area contributed by atoms with Crippen LogP contribution in [0.15, 0.2) is 18.2 Å². The molecule has 1 saturated heterocycles. The van der Waals surface area contributed by atoms with Crippen molar-refractivity contribution >= 4 is 17.7 Å². The van der Waals surface area contributed by atoms with Gasteiger partial charge in [0.15, 0.2) is 0 Å². The number of nitrogens with zero attached hydrogens (tertiary/aromatic N) is 1. The average Bonchev–Trinajstić information content (AvgIpc) is 2.37. The fraction of sp³-hybridized carbons (Fsp3) is 0.467. The lowest BCUT2D eigenvalue weighted by Gasteiger charge is -2.25. The molecule has 5 nitrogen and oxygen atoms in total. The number of hydrogen-bond donors (Lipinski definition) is 2. The van der Waals surface area contributed by atoms with Crippen LogP contribution in [-0.4, -0.2) is 35.1 Å².